The third kappa shape index (κ3) is 3.18. The first kappa shape index (κ1) is 14.1. The highest BCUT2D eigenvalue weighted by Crippen LogP contribution is 2.30. The number of rotatable bonds is 3. The van der Waals surface area contributed by atoms with Gasteiger partial charge in [0.15, 0.2) is 0 Å². The van der Waals surface area contributed by atoms with Gasteiger partial charge in [0, 0.05) is 21.7 Å². The summed E-state index contributed by atoms with van der Waals surface area (Å²) in [6.45, 7) is 0. The standard InChI is InChI=1S/C14H11Cl2FO2/c1-19-11-2-3-12(13(17)7-11)14(18)8-4-9(15)6-10(16)5-8/h2-7,14,18H,1H3. The smallest absolute Gasteiger partial charge is 0.133 e. The lowest BCUT2D eigenvalue weighted by Gasteiger charge is -2.14. The van der Waals surface area contributed by atoms with Gasteiger partial charge in [-0.05, 0) is 35.9 Å². The van der Waals surface area contributed by atoms with Crippen molar-refractivity contribution >= 4 is 23.2 Å². The normalized spacial score (nSPS) is 12.3. The molecule has 1 N–H and O–H groups in total. The van der Waals surface area contributed by atoms with Crippen LogP contribution in [0.2, 0.25) is 10.0 Å². The van der Waals surface area contributed by atoms with Gasteiger partial charge in [0.2, 0.25) is 0 Å². The molecule has 0 aliphatic carbocycles. The second kappa shape index (κ2) is 5.78. The summed E-state index contributed by atoms with van der Waals surface area (Å²) >= 11 is 11.7. The molecule has 0 amide bonds. The molecule has 0 saturated heterocycles. The molecule has 19 heavy (non-hydrogen) atoms. The largest absolute Gasteiger partial charge is 0.497 e. The maximum absolute atomic E-state index is 13.9. The molecule has 100 valence electrons. The van der Waals surface area contributed by atoms with Crippen molar-refractivity contribution in [3.05, 3.63) is 63.4 Å². The van der Waals surface area contributed by atoms with Crippen molar-refractivity contribution in [1.82, 2.24) is 0 Å². The molecule has 2 aromatic rings. The molecule has 0 heterocycles. The second-order valence-corrected chi connectivity index (χ2v) is 4.87. The molecule has 0 aromatic heterocycles. The van der Waals surface area contributed by atoms with Gasteiger partial charge in [0.1, 0.15) is 17.7 Å². The number of methoxy groups -OCH3 is 1. The van der Waals surface area contributed by atoms with Crippen LogP contribution in [0.25, 0.3) is 0 Å². The fourth-order valence-electron chi connectivity index (χ4n) is 1.77. The number of halogens is 3. The van der Waals surface area contributed by atoms with Crippen molar-refractivity contribution in [3.8, 4) is 5.75 Å². The summed E-state index contributed by atoms with van der Waals surface area (Å²) in [6, 6.07) is 8.89. The molecule has 5 heteroatoms. The Morgan fingerprint density at radius 1 is 1.11 bits per heavy atom. The summed E-state index contributed by atoms with van der Waals surface area (Å²) in [5.74, 6) is -0.166. The predicted octanol–water partition coefficient (Wildman–Crippen LogP) is 4.22. The third-order valence-corrected chi connectivity index (χ3v) is 3.14. The van der Waals surface area contributed by atoms with Crippen LogP contribution >= 0.6 is 23.2 Å². The highest BCUT2D eigenvalue weighted by atomic mass is 35.5. The van der Waals surface area contributed by atoms with Crippen LogP contribution in [0.5, 0.6) is 5.75 Å². The molecule has 1 atom stereocenters. The predicted molar refractivity (Wildman–Crippen MR) is 73.5 cm³/mol. The van der Waals surface area contributed by atoms with Gasteiger partial charge in [0.25, 0.3) is 0 Å². The quantitative estimate of drug-likeness (QED) is 0.919. The number of benzene rings is 2. The molecule has 0 radical (unpaired) electrons. The summed E-state index contributed by atoms with van der Waals surface area (Å²) in [4.78, 5) is 0. The molecule has 0 aliphatic rings. The molecule has 0 spiro atoms. The summed E-state index contributed by atoms with van der Waals surface area (Å²) in [5, 5.41) is 11.0. The molecular formula is C14H11Cl2FO2. The first-order valence-electron chi connectivity index (χ1n) is 5.48. The molecule has 1 unspecified atom stereocenters. The van der Waals surface area contributed by atoms with E-state index in [9.17, 15) is 9.50 Å². The lowest BCUT2D eigenvalue weighted by Crippen LogP contribution is -2.03. The lowest BCUT2D eigenvalue weighted by molar-refractivity contribution is 0.214. The summed E-state index contributed by atoms with van der Waals surface area (Å²) in [6.07, 6.45) is -1.14. The van der Waals surface area contributed by atoms with Gasteiger partial charge in [-0.3, -0.25) is 0 Å². The molecule has 0 fully saturated rings. The minimum atomic E-state index is -1.14. The molecule has 2 nitrogen and oxygen atoms in total. The maximum Gasteiger partial charge on any atom is 0.133 e. The van der Waals surface area contributed by atoms with Crippen molar-refractivity contribution in [2.75, 3.05) is 7.11 Å². The van der Waals surface area contributed by atoms with Gasteiger partial charge >= 0.3 is 0 Å². The Morgan fingerprint density at radius 2 is 1.74 bits per heavy atom. The van der Waals surface area contributed by atoms with Crippen molar-refractivity contribution in [2.45, 2.75) is 6.10 Å². The van der Waals surface area contributed by atoms with Crippen LogP contribution in [0.1, 0.15) is 17.2 Å². The van der Waals surface area contributed by atoms with E-state index in [-0.39, 0.29) is 5.56 Å². The van der Waals surface area contributed by atoms with Crippen LogP contribution in [0.4, 0.5) is 4.39 Å². The van der Waals surface area contributed by atoms with Crippen molar-refractivity contribution in [2.24, 2.45) is 0 Å². The zero-order valence-electron chi connectivity index (χ0n) is 10.0. The van der Waals surface area contributed by atoms with Crippen molar-refractivity contribution in [1.29, 1.82) is 0 Å². The topological polar surface area (TPSA) is 29.5 Å². The first-order valence-corrected chi connectivity index (χ1v) is 6.24. The van der Waals surface area contributed by atoms with E-state index in [0.29, 0.717) is 21.4 Å². The van der Waals surface area contributed by atoms with Gasteiger partial charge < -0.3 is 9.84 Å². The van der Waals surface area contributed by atoms with Crippen LogP contribution in [0.15, 0.2) is 36.4 Å². The molecular weight excluding hydrogens is 290 g/mol. The number of hydrogen-bond donors (Lipinski definition) is 1. The number of aliphatic hydroxyl groups is 1. The Morgan fingerprint density at radius 3 is 2.26 bits per heavy atom. The lowest BCUT2D eigenvalue weighted by atomic mass is 10.0. The molecule has 0 aliphatic heterocycles. The second-order valence-electron chi connectivity index (χ2n) is 3.99. The fourth-order valence-corrected chi connectivity index (χ4v) is 2.31. The van der Waals surface area contributed by atoms with E-state index in [4.69, 9.17) is 27.9 Å². The van der Waals surface area contributed by atoms with E-state index in [1.165, 1.54) is 19.2 Å². The fraction of sp³-hybridized carbons (Fsp3) is 0.143. The zero-order chi connectivity index (χ0) is 14.0. The average molecular weight is 301 g/mol. The van der Waals surface area contributed by atoms with E-state index in [1.54, 1.807) is 24.3 Å². The highest BCUT2D eigenvalue weighted by molar-refractivity contribution is 6.34. The Bertz CT molecular complexity index is 582. The minimum absolute atomic E-state index is 0.138. The SMILES string of the molecule is COc1ccc(C(O)c2cc(Cl)cc(Cl)c2)c(F)c1. The van der Waals surface area contributed by atoms with Gasteiger partial charge in [-0.15, -0.1) is 0 Å². The van der Waals surface area contributed by atoms with Gasteiger partial charge in [-0.25, -0.2) is 4.39 Å². The number of aliphatic hydroxyl groups excluding tert-OH is 1. The maximum atomic E-state index is 13.9. The third-order valence-electron chi connectivity index (χ3n) is 2.70. The molecule has 2 rings (SSSR count). The van der Waals surface area contributed by atoms with E-state index in [2.05, 4.69) is 0 Å². The molecule has 2 aromatic carbocycles. The van der Waals surface area contributed by atoms with E-state index in [0.717, 1.165) is 0 Å². The number of ether oxygens (including phenoxy) is 1. The average Bonchev–Trinajstić information content (AvgIpc) is 2.36. The van der Waals surface area contributed by atoms with Crippen molar-refractivity contribution in [3.63, 3.8) is 0 Å². The summed E-state index contributed by atoms with van der Waals surface area (Å²) < 4.78 is 18.8. The Balaban J connectivity index is 2.40. The summed E-state index contributed by atoms with van der Waals surface area (Å²) in [7, 11) is 1.45. The molecule has 0 saturated carbocycles. The van der Waals surface area contributed by atoms with Gasteiger partial charge in [-0.1, -0.05) is 23.2 Å². The van der Waals surface area contributed by atoms with Crippen LogP contribution < -0.4 is 4.74 Å². The van der Waals surface area contributed by atoms with Crippen LogP contribution in [0, 0.1) is 5.82 Å². The first-order chi connectivity index (χ1) is 9.01. The Kier molecular flexibility index (Phi) is 4.30. The van der Waals surface area contributed by atoms with Crippen molar-refractivity contribution < 1.29 is 14.2 Å². The monoisotopic (exact) mass is 300 g/mol. The number of hydrogen-bond acceptors (Lipinski definition) is 2. The van der Waals surface area contributed by atoms with Crippen LogP contribution in [-0.4, -0.2) is 12.2 Å². The Hall–Kier alpha value is -1.29. The van der Waals surface area contributed by atoms with Gasteiger partial charge in [-0.2, -0.15) is 0 Å². The zero-order valence-corrected chi connectivity index (χ0v) is 11.5. The van der Waals surface area contributed by atoms with Crippen LogP contribution in [-0.2, 0) is 0 Å². The highest BCUT2D eigenvalue weighted by Gasteiger charge is 2.16. The van der Waals surface area contributed by atoms with E-state index in [1.807, 2.05) is 0 Å². The van der Waals surface area contributed by atoms with E-state index < -0.39 is 11.9 Å². The molecule has 0 bridgehead atoms. The summed E-state index contributed by atoms with van der Waals surface area (Å²) in [5.41, 5.74) is 0.570. The Labute approximate surface area is 120 Å². The van der Waals surface area contributed by atoms with Gasteiger partial charge in [0.05, 0.1) is 7.11 Å². The van der Waals surface area contributed by atoms with Crippen LogP contribution in [0.3, 0.4) is 0 Å². The minimum Gasteiger partial charge on any atom is -0.497 e. The van der Waals surface area contributed by atoms with E-state index >= 15 is 0 Å².